The summed E-state index contributed by atoms with van der Waals surface area (Å²) in [7, 11) is 1.77. The van der Waals surface area contributed by atoms with Crippen LogP contribution in [0.5, 0.6) is 0 Å². The molecule has 4 rings (SSSR count). The second-order valence-electron chi connectivity index (χ2n) is 6.24. The second-order valence-corrected chi connectivity index (χ2v) is 6.65. The van der Waals surface area contributed by atoms with E-state index >= 15 is 0 Å². The van der Waals surface area contributed by atoms with E-state index in [9.17, 15) is 9.59 Å². The van der Waals surface area contributed by atoms with Crippen LogP contribution in [0.4, 0.5) is 11.4 Å². The zero-order valence-electron chi connectivity index (χ0n) is 14.1. The van der Waals surface area contributed by atoms with Crippen LogP contribution in [0, 0.1) is 0 Å². The van der Waals surface area contributed by atoms with Gasteiger partial charge in [-0.05, 0) is 48.4 Å². The summed E-state index contributed by atoms with van der Waals surface area (Å²) < 4.78 is 0. The first-order chi connectivity index (χ1) is 12.5. The number of carbonyl (C=O) groups is 2. The monoisotopic (exact) mass is 365 g/mol. The zero-order valence-corrected chi connectivity index (χ0v) is 14.9. The maximum absolute atomic E-state index is 12.8. The summed E-state index contributed by atoms with van der Waals surface area (Å²) in [6.07, 6.45) is 2.81. The van der Waals surface area contributed by atoms with E-state index in [1.54, 1.807) is 36.3 Å². The molecule has 6 heteroatoms. The maximum atomic E-state index is 12.8. The first kappa shape index (κ1) is 16.5. The first-order valence-electron chi connectivity index (χ1n) is 8.28. The Morgan fingerprint density at radius 3 is 2.88 bits per heavy atom. The Balaban J connectivity index is 1.66. The van der Waals surface area contributed by atoms with Crippen molar-refractivity contribution in [3.8, 4) is 0 Å². The van der Waals surface area contributed by atoms with Crippen molar-refractivity contribution in [3.05, 3.63) is 64.8 Å². The fourth-order valence-electron chi connectivity index (χ4n) is 3.27. The Kier molecular flexibility index (Phi) is 4.09. The lowest BCUT2D eigenvalue weighted by Gasteiger charge is -2.26. The highest BCUT2D eigenvalue weighted by Gasteiger charge is 2.21. The van der Waals surface area contributed by atoms with Gasteiger partial charge < -0.3 is 10.2 Å². The van der Waals surface area contributed by atoms with E-state index in [1.165, 1.54) is 0 Å². The van der Waals surface area contributed by atoms with Gasteiger partial charge in [-0.2, -0.15) is 0 Å². The predicted molar refractivity (Wildman–Crippen MR) is 103 cm³/mol. The number of benzene rings is 2. The summed E-state index contributed by atoms with van der Waals surface area (Å²) in [5.41, 5.74) is 3.76. The number of nitrogens with zero attached hydrogens (tertiary/aromatic N) is 2. The van der Waals surface area contributed by atoms with E-state index in [0.29, 0.717) is 40.0 Å². The Bertz CT molecular complexity index is 1050. The molecule has 0 radical (unpaired) electrons. The van der Waals surface area contributed by atoms with E-state index in [2.05, 4.69) is 10.3 Å². The molecule has 1 N–H and O–H groups in total. The van der Waals surface area contributed by atoms with Gasteiger partial charge in [-0.15, -0.1) is 0 Å². The lowest BCUT2D eigenvalue weighted by atomic mass is 10.0. The summed E-state index contributed by atoms with van der Waals surface area (Å²) in [5.74, 6) is -0.116. The smallest absolute Gasteiger partial charge is 0.256 e. The molecule has 0 atom stereocenters. The molecule has 0 aliphatic carbocycles. The fourth-order valence-corrected chi connectivity index (χ4v) is 3.48. The van der Waals surface area contributed by atoms with Crippen LogP contribution in [-0.2, 0) is 11.2 Å². The molecule has 0 fully saturated rings. The highest BCUT2D eigenvalue weighted by Crippen LogP contribution is 2.30. The van der Waals surface area contributed by atoms with Gasteiger partial charge in [0.2, 0.25) is 5.91 Å². The van der Waals surface area contributed by atoms with Crippen LogP contribution in [0.25, 0.3) is 10.9 Å². The van der Waals surface area contributed by atoms with Gasteiger partial charge in [-0.3, -0.25) is 14.6 Å². The molecule has 1 aliphatic rings. The molecule has 2 amide bonds. The zero-order chi connectivity index (χ0) is 18.3. The minimum Gasteiger partial charge on any atom is -0.322 e. The number of nitrogens with one attached hydrogen (secondary N) is 1. The number of fused-ring (bicyclic) bond motifs is 2. The Morgan fingerprint density at radius 1 is 1.19 bits per heavy atom. The number of anilines is 2. The van der Waals surface area contributed by atoms with Gasteiger partial charge in [-0.25, -0.2) is 0 Å². The van der Waals surface area contributed by atoms with Crippen LogP contribution in [0.1, 0.15) is 22.3 Å². The first-order valence-corrected chi connectivity index (χ1v) is 8.66. The molecule has 0 saturated carbocycles. The normalized spacial score (nSPS) is 13.6. The van der Waals surface area contributed by atoms with E-state index in [1.807, 2.05) is 24.3 Å². The van der Waals surface area contributed by atoms with Gasteiger partial charge in [0.1, 0.15) is 0 Å². The number of rotatable bonds is 2. The molecule has 2 aromatic carbocycles. The van der Waals surface area contributed by atoms with E-state index in [4.69, 9.17) is 11.6 Å². The Labute approximate surface area is 155 Å². The van der Waals surface area contributed by atoms with Crippen LogP contribution in [0.15, 0.2) is 48.7 Å². The van der Waals surface area contributed by atoms with Crippen molar-refractivity contribution < 1.29 is 9.59 Å². The van der Waals surface area contributed by atoms with Crippen molar-refractivity contribution in [2.75, 3.05) is 17.3 Å². The van der Waals surface area contributed by atoms with Crippen LogP contribution >= 0.6 is 11.6 Å². The number of halogens is 1. The van der Waals surface area contributed by atoms with Gasteiger partial charge in [0.05, 0.1) is 10.5 Å². The SMILES string of the molecule is CN1C(=O)CCc2cc(NC(=O)c3ccc(Cl)c4ncccc34)ccc21. The minimum absolute atomic E-state index is 0.106. The molecule has 0 saturated heterocycles. The van der Waals surface area contributed by atoms with Crippen molar-refractivity contribution in [1.29, 1.82) is 0 Å². The van der Waals surface area contributed by atoms with E-state index in [0.717, 1.165) is 11.3 Å². The summed E-state index contributed by atoms with van der Waals surface area (Å²) in [6, 6.07) is 12.6. The van der Waals surface area contributed by atoms with Crippen LogP contribution in [0.2, 0.25) is 5.02 Å². The van der Waals surface area contributed by atoms with Gasteiger partial charge in [0.15, 0.2) is 0 Å². The van der Waals surface area contributed by atoms with E-state index in [-0.39, 0.29) is 11.8 Å². The molecule has 5 nitrogen and oxygen atoms in total. The molecule has 1 aliphatic heterocycles. The lowest BCUT2D eigenvalue weighted by Crippen LogP contribution is -2.31. The standard InChI is InChI=1S/C20H16ClN3O2/c1-24-17-8-5-13(11-12(17)4-9-18(24)25)23-20(26)15-6-7-16(21)19-14(15)3-2-10-22-19/h2-3,5-8,10-11H,4,9H2,1H3,(H,23,26). The maximum Gasteiger partial charge on any atom is 0.256 e. The third-order valence-corrected chi connectivity index (χ3v) is 4.95. The number of hydrogen-bond donors (Lipinski definition) is 1. The average molecular weight is 366 g/mol. The van der Waals surface area contributed by atoms with Crippen molar-refractivity contribution in [2.45, 2.75) is 12.8 Å². The van der Waals surface area contributed by atoms with Gasteiger partial charge in [0, 0.05) is 42.0 Å². The van der Waals surface area contributed by atoms with Crippen molar-refractivity contribution in [2.24, 2.45) is 0 Å². The summed E-state index contributed by atoms with van der Waals surface area (Å²) >= 11 is 6.17. The topological polar surface area (TPSA) is 62.3 Å². The molecule has 0 unspecified atom stereocenters. The second kappa shape index (κ2) is 6.42. The third-order valence-electron chi connectivity index (χ3n) is 4.65. The highest BCUT2D eigenvalue weighted by molar-refractivity contribution is 6.35. The molecular formula is C20H16ClN3O2. The third kappa shape index (κ3) is 2.80. The molecule has 26 heavy (non-hydrogen) atoms. The van der Waals surface area contributed by atoms with Gasteiger partial charge in [-0.1, -0.05) is 17.7 Å². The van der Waals surface area contributed by atoms with Crippen molar-refractivity contribution >= 4 is 45.7 Å². The van der Waals surface area contributed by atoms with Gasteiger partial charge >= 0.3 is 0 Å². The van der Waals surface area contributed by atoms with Crippen LogP contribution in [-0.4, -0.2) is 23.8 Å². The summed E-state index contributed by atoms with van der Waals surface area (Å²) in [4.78, 5) is 30.5. The minimum atomic E-state index is -0.222. The molecule has 0 spiro atoms. The van der Waals surface area contributed by atoms with Gasteiger partial charge in [0.25, 0.3) is 5.91 Å². The number of aryl methyl sites for hydroxylation is 1. The number of carbonyl (C=O) groups excluding carboxylic acids is 2. The summed E-state index contributed by atoms with van der Waals surface area (Å²) in [6.45, 7) is 0. The molecule has 3 aromatic rings. The Hall–Kier alpha value is -2.92. The quantitative estimate of drug-likeness (QED) is 0.745. The van der Waals surface area contributed by atoms with E-state index < -0.39 is 0 Å². The van der Waals surface area contributed by atoms with Crippen LogP contribution in [0.3, 0.4) is 0 Å². The fraction of sp³-hybridized carbons (Fsp3) is 0.150. The largest absolute Gasteiger partial charge is 0.322 e. The molecule has 1 aromatic heterocycles. The number of hydrogen-bond acceptors (Lipinski definition) is 3. The summed E-state index contributed by atoms with van der Waals surface area (Å²) in [5, 5.41) is 4.15. The number of amides is 2. The van der Waals surface area contributed by atoms with Crippen molar-refractivity contribution in [1.82, 2.24) is 4.98 Å². The number of pyridine rings is 1. The average Bonchev–Trinajstić information content (AvgIpc) is 2.65. The molecular weight excluding hydrogens is 350 g/mol. The molecule has 2 heterocycles. The predicted octanol–water partition coefficient (Wildman–Crippen LogP) is 4.05. The molecule has 130 valence electrons. The van der Waals surface area contributed by atoms with Crippen LogP contribution < -0.4 is 10.2 Å². The van der Waals surface area contributed by atoms with Crippen molar-refractivity contribution in [3.63, 3.8) is 0 Å². The Morgan fingerprint density at radius 2 is 2.04 bits per heavy atom. The number of aromatic nitrogens is 1. The molecule has 0 bridgehead atoms. The lowest BCUT2D eigenvalue weighted by molar-refractivity contribution is -0.118. The highest BCUT2D eigenvalue weighted by atomic mass is 35.5.